The van der Waals surface area contributed by atoms with Gasteiger partial charge in [-0.25, -0.2) is 29.2 Å². The number of likely N-dealkylation sites (N-methyl/N-ethyl adjacent to an activating group) is 4. The van der Waals surface area contributed by atoms with Crippen molar-refractivity contribution in [2.24, 2.45) is 0 Å². The van der Waals surface area contributed by atoms with Crippen LogP contribution in [0, 0.1) is 31.6 Å². The third kappa shape index (κ3) is 42.2. The molecule has 0 aliphatic carbocycles. The fraction of sp³-hybridized carbons (Fsp3) is 0.875. The van der Waals surface area contributed by atoms with Crippen molar-refractivity contribution in [3.05, 3.63) is 0 Å². The van der Waals surface area contributed by atoms with Gasteiger partial charge >= 0.3 is 19.5 Å². The first-order valence-electron chi connectivity index (χ1n) is 8.79. The Balaban J connectivity index is -0.000000235. The third-order valence-electron chi connectivity index (χ3n) is 3.89. The Labute approximate surface area is 207 Å². The molecule has 0 unspecified atom stereocenters. The zero-order valence-corrected chi connectivity index (χ0v) is 22.1. The van der Waals surface area contributed by atoms with Crippen LogP contribution < -0.4 is 18.6 Å². The van der Waals surface area contributed by atoms with Gasteiger partial charge in [-0.3, -0.25) is 0 Å². The summed E-state index contributed by atoms with van der Waals surface area (Å²) in [7, 11) is 4.03. The normalized spacial score (nSPS) is 18.1. The molecule has 0 spiro atoms. The van der Waals surface area contributed by atoms with Crippen molar-refractivity contribution in [2.75, 3.05) is 80.5 Å². The summed E-state index contributed by atoms with van der Waals surface area (Å²) in [6, 6.07) is 0. The Morgan fingerprint density at radius 2 is 0.733 bits per heavy atom. The SMILES string of the molecule is CN1CCCN(C)CCN(C)CCCN(C)CC1.N#C[S-].N#C[S-].[O-][Cl+3]([O-])([O-])[O-].[Ru+3]. The van der Waals surface area contributed by atoms with Crippen molar-refractivity contribution < 1.29 is 48.4 Å². The first-order chi connectivity index (χ1) is 13.4. The van der Waals surface area contributed by atoms with Gasteiger partial charge < -0.3 is 44.9 Å². The van der Waals surface area contributed by atoms with Crippen LogP contribution in [0.2, 0.25) is 0 Å². The number of rotatable bonds is 0. The first-order valence-corrected chi connectivity index (χ1v) is 10.8. The van der Waals surface area contributed by atoms with E-state index >= 15 is 0 Å². The average molecular weight is 573 g/mol. The van der Waals surface area contributed by atoms with Crippen molar-refractivity contribution in [1.82, 2.24) is 19.6 Å². The summed E-state index contributed by atoms with van der Waals surface area (Å²) >= 11 is 7.40. The van der Waals surface area contributed by atoms with Crippen LogP contribution in [0.5, 0.6) is 0 Å². The number of nitriles is 2. The van der Waals surface area contributed by atoms with E-state index in [0.29, 0.717) is 0 Å². The van der Waals surface area contributed by atoms with Crippen molar-refractivity contribution in [1.29, 1.82) is 10.5 Å². The minimum atomic E-state index is -4.94. The van der Waals surface area contributed by atoms with E-state index in [-0.39, 0.29) is 19.5 Å². The van der Waals surface area contributed by atoms with Crippen molar-refractivity contribution in [2.45, 2.75) is 12.8 Å². The van der Waals surface area contributed by atoms with Gasteiger partial charge in [0.25, 0.3) is 0 Å². The second-order valence-corrected chi connectivity index (χ2v) is 7.60. The molecular weight excluding hydrogens is 541 g/mol. The van der Waals surface area contributed by atoms with Crippen LogP contribution in [0.4, 0.5) is 0 Å². The summed E-state index contributed by atoms with van der Waals surface area (Å²) < 4.78 is 34.0. The smallest absolute Gasteiger partial charge is 0.696 e. The fourth-order valence-corrected chi connectivity index (χ4v) is 2.35. The van der Waals surface area contributed by atoms with Crippen LogP contribution in [0.1, 0.15) is 12.8 Å². The fourth-order valence-electron chi connectivity index (χ4n) is 2.35. The molecule has 0 atom stereocenters. The Bertz CT molecular complexity index is 395. The molecule has 10 nitrogen and oxygen atoms in total. The number of thiocyanates is 2. The van der Waals surface area contributed by atoms with E-state index in [4.69, 9.17) is 29.2 Å². The summed E-state index contributed by atoms with van der Waals surface area (Å²) in [5, 5.41) is 16.9. The molecule has 0 aromatic rings. The molecule has 30 heavy (non-hydrogen) atoms. The Morgan fingerprint density at radius 3 is 0.867 bits per heavy atom. The molecule has 1 aliphatic rings. The van der Waals surface area contributed by atoms with Crippen molar-refractivity contribution >= 4 is 25.3 Å². The molecule has 1 fully saturated rings. The molecule has 1 saturated heterocycles. The van der Waals surface area contributed by atoms with Gasteiger partial charge in [0.2, 0.25) is 0 Å². The number of nitrogens with zero attached hydrogens (tertiary/aromatic N) is 6. The maximum Gasteiger partial charge on any atom is 3.00 e. The number of hydrogen-bond donors (Lipinski definition) is 0. The van der Waals surface area contributed by atoms with E-state index in [0.717, 1.165) is 0 Å². The third-order valence-corrected chi connectivity index (χ3v) is 3.89. The maximum absolute atomic E-state index is 8.49. The van der Waals surface area contributed by atoms with Crippen LogP contribution >= 0.6 is 0 Å². The van der Waals surface area contributed by atoms with Gasteiger partial charge in [0, 0.05) is 26.2 Å². The summed E-state index contributed by atoms with van der Waals surface area (Å²) in [5.74, 6) is 0. The molecule has 1 heterocycles. The molecule has 0 N–H and O–H groups in total. The maximum atomic E-state index is 8.49. The van der Waals surface area contributed by atoms with Crippen LogP contribution in [-0.2, 0) is 44.7 Å². The van der Waals surface area contributed by atoms with E-state index in [9.17, 15) is 0 Å². The van der Waals surface area contributed by atoms with E-state index < -0.39 is 10.2 Å². The topological polar surface area (TPSA) is 153 Å². The van der Waals surface area contributed by atoms with E-state index in [1.54, 1.807) is 0 Å². The quantitative estimate of drug-likeness (QED) is 0.157. The predicted octanol–water partition coefficient (Wildman–Crippen LogP) is -4.22. The summed E-state index contributed by atoms with van der Waals surface area (Å²) in [6.07, 6.45) is 2.56. The Morgan fingerprint density at radius 1 is 0.600 bits per heavy atom. The molecule has 1 aliphatic heterocycles. The first kappa shape index (κ1) is 37.3. The minimum absolute atomic E-state index is 0. The molecular formula is C16H32ClN6O4RuS2. The van der Waals surface area contributed by atoms with E-state index in [2.05, 4.69) is 73.0 Å². The molecule has 0 aromatic heterocycles. The summed E-state index contributed by atoms with van der Waals surface area (Å²) in [4.78, 5) is 9.84. The van der Waals surface area contributed by atoms with Crippen LogP contribution in [0.3, 0.4) is 0 Å². The van der Waals surface area contributed by atoms with Crippen LogP contribution in [0.25, 0.3) is 0 Å². The average Bonchev–Trinajstić information content (AvgIpc) is 2.57. The zero-order chi connectivity index (χ0) is 23.3. The largest absolute Gasteiger partial charge is 3.00 e. The van der Waals surface area contributed by atoms with Crippen molar-refractivity contribution in [3.63, 3.8) is 0 Å². The molecule has 1 rings (SSSR count). The van der Waals surface area contributed by atoms with Gasteiger partial charge in [0.05, 0.1) is 0 Å². The zero-order valence-electron chi connectivity index (χ0n) is 17.9. The van der Waals surface area contributed by atoms with E-state index in [1.807, 2.05) is 0 Å². The van der Waals surface area contributed by atoms with Gasteiger partial charge in [-0.15, -0.1) is 10.2 Å². The van der Waals surface area contributed by atoms with Gasteiger partial charge in [-0.1, -0.05) is 10.8 Å². The molecule has 177 valence electrons. The van der Waals surface area contributed by atoms with Crippen molar-refractivity contribution in [3.8, 4) is 10.8 Å². The monoisotopic (exact) mass is 573 g/mol. The number of hydrogen-bond acceptors (Lipinski definition) is 12. The minimum Gasteiger partial charge on any atom is -0.696 e. The van der Waals surface area contributed by atoms with Gasteiger partial charge in [0.1, 0.15) is 0 Å². The summed E-state index contributed by atoms with van der Waals surface area (Å²) in [5.41, 5.74) is 0. The molecule has 0 saturated carbocycles. The van der Waals surface area contributed by atoms with E-state index in [1.165, 1.54) is 76.0 Å². The second kappa shape index (κ2) is 25.3. The standard InChI is InChI=1S/C14H32N4.2CHNS.ClHO4.Ru/c1-15-7-5-8-17(3)13-14-18(4)10-6-9-16(2)12-11-15;2*2-1-3;2-1(3,4)5;/h5-14H2,1-4H3;2*3H;(H,2,3,4,5);/q;;;;+3/p-3. The molecule has 1 radical (unpaired) electrons. The number of halogens is 1. The molecule has 0 aromatic carbocycles. The van der Waals surface area contributed by atoms with Gasteiger partial charge in [-0.05, 0) is 67.2 Å². The Kier molecular flexibility index (Phi) is 31.5. The predicted molar refractivity (Wildman–Crippen MR) is 105 cm³/mol. The summed E-state index contributed by atoms with van der Waals surface area (Å²) in [6.45, 7) is 9.63. The molecule has 0 amide bonds. The van der Waals surface area contributed by atoms with Gasteiger partial charge in [-0.2, -0.15) is 0 Å². The Hall–Kier alpha value is 0.0134. The van der Waals surface area contributed by atoms with Crippen LogP contribution in [0.15, 0.2) is 0 Å². The molecule has 0 bridgehead atoms. The second-order valence-electron chi connectivity index (χ2n) is 6.48. The molecule has 14 heteroatoms. The van der Waals surface area contributed by atoms with Gasteiger partial charge in [0.15, 0.2) is 0 Å². The van der Waals surface area contributed by atoms with Crippen LogP contribution in [-0.4, -0.2) is 100 Å².